The lowest BCUT2D eigenvalue weighted by molar-refractivity contribution is -0.114. The first-order valence-corrected chi connectivity index (χ1v) is 11.9. The van der Waals surface area contributed by atoms with E-state index in [1.807, 2.05) is 31.2 Å². The molecule has 0 radical (unpaired) electrons. The van der Waals surface area contributed by atoms with Gasteiger partial charge in [-0.3, -0.25) is 10.2 Å². The number of hydrazone groups is 1. The molecular formula is C21H18N4O4S2. The van der Waals surface area contributed by atoms with E-state index in [1.165, 1.54) is 11.6 Å². The normalized spacial score (nSPS) is 17.5. The van der Waals surface area contributed by atoms with Crippen molar-refractivity contribution in [2.45, 2.75) is 13.5 Å². The van der Waals surface area contributed by atoms with Gasteiger partial charge in [-0.15, -0.1) is 5.10 Å². The van der Waals surface area contributed by atoms with E-state index in [1.54, 1.807) is 24.3 Å². The van der Waals surface area contributed by atoms with E-state index < -0.39 is 15.7 Å². The number of amides is 1. The highest BCUT2D eigenvalue weighted by molar-refractivity contribution is 8.42. The number of sulfone groups is 1. The number of benzene rings is 2. The molecule has 0 fully saturated rings. The van der Waals surface area contributed by atoms with E-state index >= 15 is 0 Å². The van der Waals surface area contributed by atoms with Crippen LogP contribution >= 0.6 is 11.8 Å². The van der Waals surface area contributed by atoms with Crippen LogP contribution in [-0.4, -0.2) is 41.0 Å². The Hall–Kier alpha value is -3.24. The fourth-order valence-electron chi connectivity index (χ4n) is 2.80. The first kappa shape index (κ1) is 21.0. The number of nitrogens with one attached hydrogen (secondary N) is 1. The Bertz CT molecular complexity index is 1260. The van der Waals surface area contributed by atoms with E-state index in [9.17, 15) is 13.2 Å². The zero-order chi connectivity index (χ0) is 22.2. The fraction of sp³-hybridized carbons (Fsp3) is 0.143. The van der Waals surface area contributed by atoms with Gasteiger partial charge in [0, 0.05) is 6.26 Å². The Balaban J connectivity index is 1.49. The van der Waals surface area contributed by atoms with Gasteiger partial charge in [0.15, 0.2) is 5.84 Å². The Morgan fingerprint density at radius 3 is 2.45 bits per heavy atom. The number of fused-ring (bicyclic) bond motifs is 1. The second-order valence-corrected chi connectivity index (χ2v) is 10.1. The molecule has 31 heavy (non-hydrogen) atoms. The molecule has 0 atom stereocenters. The third-order valence-electron chi connectivity index (χ3n) is 4.47. The Labute approximate surface area is 183 Å². The van der Waals surface area contributed by atoms with Crippen LogP contribution in [0.5, 0.6) is 5.75 Å². The minimum atomic E-state index is -3.56. The van der Waals surface area contributed by atoms with Crippen molar-refractivity contribution in [3.05, 3.63) is 70.8 Å². The molecule has 0 aromatic heterocycles. The molecule has 158 valence electrons. The molecule has 0 aliphatic carbocycles. The number of amidine groups is 2. The molecule has 0 saturated carbocycles. The summed E-state index contributed by atoms with van der Waals surface area (Å²) >= 11 is 0.756. The van der Waals surface area contributed by atoms with Crippen LogP contribution in [0.25, 0.3) is 6.08 Å². The van der Waals surface area contributed by atoms with Gasteiger partial charge in [-0.25, -0.2) is 8.42 Å². The van der Waals surface area contributed by atoms with Crippen LogP contribution in [0, 0.1) is 12.3 Å². The van der Waals surface area contributed by atoms with E-state index in [2.05, 4.69) is 10.1 Å². The van der Waals surface area contributed by atoms with Crippen LogP contribution in [0.2, 0.25) is 0 Å². The molecule has 0 saturated heterocycles. The van der Waals surface area contributed by atoms with Crippen LogP contribution in [0.1, 0.15) is 16.7 Å². The quantitative estimate of drug-likeness (QED) is 0.710. The van der Waals surface area contributed by atoms with Crippen LogP contribution in [0.4, 0.5) is 0 Å². The van der Waals surface area contributed by atoms with Crippen molar-refractivity contribution in [2.75, 3.05) is 6.26 Å². The van der Waals surface area contributed by atoms with Crippen LogP contribution in [0.3, 0.4) is 0 Å². The van der Waals surface area contributed by atoms with Crippen molar-refractivity contribution in [3.8, 4) is 5.75 Å². The highest BCUT2D eigenvalue weighted by Crippen LogP contribution is 2.30. The van der Waals surface area contributed by atoms with Gasteiger partial charge >= 0.3 is 0 Å². The standard InChI is InChI=1S/C21H18N4O4S2/c1-13-3-5-15(6-4-13)12-29-16-9-7-14(8-10-16)11-17-18(22)25-20(23-19(17)26)30-21(24-25)31(2,27)28/h3-11,22H,12H2,1-2H3/b17-11-,22-18?. The van der Waals surface area contributed by atoms with E-state index in [4.69, 9.17) is 10.1 Å². The lowest BCUT2D eigenvalue weighted by Gasteiger charge is -2.20. The molecule has 2 heterocycles. The van der Waals surface area contributed by atoms with Crippen LogP contribution < -0.4 is 4.74 Å². The van der Waals surface area contributed by atoms with E-state index in [-0.39, 0.29) is 21.0 Å². The number of carbonyl (C=O) groups excluding carboxylic acids is 1. The maximum atomic E-state index is 12.4. The largest absolute Gasteiger partial charge is 0.489 e. The summed E-state index contributed by atoms with van der Waals surface area (Å²) in [5.74, 6) is -0.166. The van der Waals surface area contributed by atoms with Gasteiger partial charge in [-0.05, 0) is 48.0 Å². The Morgan fingerprint density at radius 2 is 1.81 bits per heavy atom. The van der Waals surface area contributed by atoms with Gasteiger partial charge < -0.3 is 4.74 Å². The monoisotopic (exact) mass is 454 g/mol. The zero-order valence-electron chi connectivity index (χ0n) is 16.7. The summed E-state index contributed by atoms with van der Waals surface area (Å²) < 4.78 is 29.0. The fourth-order valence-corrected chi connectivity index (χ4v) is 4.49. The highest BCUT2D eigenvalue weighted by atomic mass is 32.3. The molecule has 2 aromatic carbocycles. The lowest BCUT2D eigenvalue weighted by Crippen LogP contribution is -2.35. The summed E-state index contributed by atoms with van der Waals surface area (Å²) in [6, 6.07) is 15.2. The smallest absolute Gasteiger partial charge is 0.283 e. The Kier molecular flexibility index (Phi) is 5.50. The summed E-state index contributed by atoms with van der Waals surface area (Å²) in [6.07, 6.45) is 2.54. The molecule has 0 bridgehead atoms. The molecule has 0 unspecified atom stereocenters. The SMILES string of the molecule is Cc1ccc(COc2ccc(/C=C3/C(=N)N4N=C(S(C)(=O)=O)SC4=NC3=O)cc2)cc1. The van der Waals surface area contributed by atoms with Gasteiger partial charge in [0.1, 0.15) is 12.4 Å². The lowest BCUT2D eigenvalue weighted by atomic mass is 10.1. The summed E-state index contributed by atoms with van der Waals surface area (Å²) in [4.78, 5) is 16.3. The summed E-state index contributed by atoms with van der Waals surface area (Å²) in [7, 11) is -3.56. The molecule has 1 amide bonds. The molecular weight excluding hydrogens is 436 g/mol. The summed E-state index contributed by atoms with van der Waals surface area (Å²) in [5.41, 5.74) is 2.94. The molecule has 2 aliphatic heterocycles. The van der Waals surface area contributed by atoms with Crippen molar-refractivity contribution in [1.29, 1.82) is 5.41 Å². The van der Waals surface area contributed by atoms with Gasteiger partial charge in [0.25, 0.3) is 5.91 Å². The number of ether oxygens (including phenoxy) is 1. The van der Waals surface area contributed by atoms with Crippen molar-refractivity contribution < 1.29 is 17.9 Å². The van der Waals surface area contributed by atoms with E-state index in [0.29, 0.717) is 17.9 Å². The number of rotatable bonds is 4. The van der Waals surface area contributed by atoms with Crippen molar-refractivity contribution >= 4 is 49.0 Å². The average Bonchev–Trinajstić information content (AvgIpc) is 3.16. The van der Waals surface area contributed by atoms with Crippen LogP contribution in [-0.2, 0) is 21.2 Å². The third-order valence-corrected chi connectivity index (χ3v) is 7.05. The number of hydrogen-bond donors (Lipinski definition) is 1. The Morgan fingerprint density at radius 1 is 1.13 bits per heavy atom. The second-order valence-electron chi connectivity index (χ2n) is 7.00. The molecule has 0 spiro atoms. The average molecular weight is 455 g/mol. The molecule has 4 rings (SSSR count). The minimum absolute atomic E-state index is 0.0242. The number of nitrogens with zero attached hydrogens (tertiary/aromatic N) is 3. The first-order chi connectivity index (χ1) is 14.7. The van der Waals surface area contributed by atoms with Gasteiger partial charge in [-0.2, -0.15) is 10.0 Å². The number of thioether (sulfide) groups is 1. The van der Waals surface area contributed by atoms with Crippen molar-refractivity contribution in [1.82, 2.24) is 5.01 Å². The molecule has 2 aliphatic rings. The maximum absolute atomic E-state index is 12.4. The van der Waals surface area contributed by atoms with Gasteiger partial charge in [0.2, 0.25) is 19.4 Å². The molecule has 1 N–H and O–H groups in total. The van der Waals surface area contributed by atoms with Gasteiger partial charge in [-0.1, -0.05) is 42.0 Å². The van der Waals surface area contributed by atoms with E-state index in [0.717, 1.165) is 28.6 Å². The predicted molar refractivity (Wildman–Crippen MR) is 122 cm³/mol. The zero-order valence-corrected chi connectivity index (χ0v) is 18.3. The van der Waals surface area contributed by atoms with Crippen LogP contribution in [0.15, 0.2) is 64.2 Å². The highest BCUT2D eigenvalue weighted by Gasteiger charge is 2.38. The number of aliphatic imine (C=N–C) groups is 1. The number of aryl methyl sites for hydroxylation is 1. The number of carbonyl (C=O) groups is 1. The first-order valence-electron chi connectivity index (χ1n) is 9.19. The van der Waals surface area contributed by atoms with Crippen molar-refractivity contribution in [3.63, 3.8) is 0 Å². The second kappa shape index (κ2) is 8.12. The predicted octanol–water partition coefficient (Wildman–Crippen LogP) is 3.20. The molecule has 2 aromatic rings. The van der Waals surface area contributed by atoms with Gasteiger partial charge in [0.05, 0.1) is 5.57 Å². The molecule has 8 nitrogen and oxygen atoms in total. The summed E-state index contributed by atoms with van der Waals surface area (Å²) in [5, 5.41) is 13.3. The minimum Gasteiger partial charge on any atom is -0.489 e. The summed E-state index contributed by atoms with van der Waals surface area (Å²) in [6.45, 7) is 2.47. The third kappa shape index (κ3) is 4.59. The van der Waals surface area contributed by atoms with Crippen molar-refractivity contribution in [2.24, 2.45) is 10.1 Å². The number of hydrogen-bond acceptors (Lipinski definition) is 7. The molecule has 10 heteroatoms. The topological polar surface area (TPSA) is 112 Å². The maximum Gasteiger partial charge on any atom is 0.283 e.